The molecule has 31 heavy (non-hydrogen) atoms. The van der Waals surface area contributed by atoms with E-state index in [4.69, 9.17) is 4.98 Å². The summed E-state index contributed by atoms with van der Waals surface area (Å²) in [6, 6.07) is 21.0. The lowest BCUT2D eigenvalue weighted by atomic mass is 9.93. The highest BCUT2D eigenvalue weighted by molar-refractivity contribution is 7.18. The van der Waals surface area contributed by atoms with Gasteiger partial charge in [0.15, 0.2) is 0 Å². The smallest absolute Gasteiger partial charge is 0.237 e. The van der Waals surface area contributed by atoms with E-state index in [9.17, 15) is 4.79 Å². The largest absolute Gasteiger partial charge is 0.335 e. The van der Waals surface area contributed by atoms with Gasteiger partial charge in [-0.15, -0.1) is 22.7 Å². The van der Waals surface area contributed by atoms with Gasteiger partial charge in [0.25, 0.3) is 0 Å². The van der Waals surface area contributed by atoms with Crippen LogP contribution >= 0.6 is 22.7 Å². The second kappa shape index (κ2) is 8.54. The number of para-hydroxylation sites is 1. The zero-order valence-corrected chi connectivity index (χ0v) is 19.3. The normalized spacial score (nSPS) is 17.4. The van der Waals surface area contributed by atoms with Crippen molar-refractivity contribution in [1.29, 1.82) is 0 Å². The van der Waals surface area contributed by atoms with E-state index < -0.39 is 0 Å². The molecule has 0 fully saturated rings. The Morgan fingerprint density at radius 1 is 1.16 bits per heavy atom. The topological polar surface area (TPSA) is 36.4 Å². The quantitative estimate of drug-likeness (QED) is 0.404. The molecule has 2 unspecified atom stereocenters. The van der Waals surface area contributed by atoms with Gasteiger partial charge in [-0.1, -0.05) is 42.5 Å². The first-order valence-electron chi connectivity index (χ1n) is 10.6. The van der Waals surface area contributed by atoms with Crippen LogP contribution in [0.25, 0.3) is 10.2 Å². The van der Waals surface area contributed by atoms with Gasteiger partial charge in [-0.25, -0.2) is 4.98 Å². The second-order valence-corrected chi connectivity index (χ2v) is 10.1. The van der Waals surface area contributed by atoms with Crippen molar-refractivity contribution in [2.75, 3.05) is 20.1 Å². The number of fused-ring (bicyclic) bond motifs is 2. The van der Waals surface area contributed by atoms with Crippen LogP contribution in [0.2, 0.25) is 0 Å². The van der Waals surface area contributed by atoms with Gasteiger partial charge in [0.2, 0.25) is 5.91 Å². The number of hydrogen-bond donors (Lipinski definition) is 0. The fourth-order valence-electron chi connectivity index (χ4n) is 4.30. The number of benzene rings is 2. The minimum Gasteiger partial charge on any atom is -0.335 e. The van der Waals surface area contributed by atoms with Crippen LogP contribution in [0.1, 0.15) is 40.0 Å². The third-order valence-corrected chi connectivity index (χ3v) is 8.36. The Kier molecular flexibility index (Phi) is 5.61. The average Bonchev–Trinajstić information content (AvgIpc) is 3.45. The summed E-state index contributed by atoms with van der Waals surface area (Å²) in [7, 11) is 1.90. The lowest BCUT2D eigenvalue weighted by Crippen LogP contribution is -2.43. The van der Waals surface area contributed by atoms with Crippen molar-refractivity contribution in [2.24, 2.45) is 0 Å². The molecule has 158 valence electrons. The minimum atomic E-state index is -0.0541. The summed E-state index contributed by atoms with van der Waals surface area (Å²) in [5.41, 5.74) is 3.59. The first-order valence-corrected chi connectivity index (χ1v) is 12.3. The molecule has 0 bridgehead atoms. The molecular formula is C25H25N3OS2. The zero-order valence-electron chi connectivity index (χ0n) is 17.7. The van der Waals surface area contributed by atoms with Crippen LogP contribution in [0.4, 0.5) is 0 Å². The molecule has 4 nitrogen and oxygen atoms in total. The number of carbonyl (C=O) groups excluding carboxylic acids is 1. The van der Waals surface area contributed by atoms with E-state index in [1.54, 1.807) is 11.3 Å². The molecular weight excluding hydrogens is 422 g/mol. The first-order chi connectivity index (χ1) is 15.1. The molecule has 0 saturated heterocycles. The number of carbonyl (C=O) groups is 1. The molecule has 4 aromatic rings. The van der Waals surface area contributed by atoms with Crippen molar-refractivity contribution in [1.82, 2.24) is 14.8 Å². The van der Waals surface area contributed by atoms with Crippen LogP contribution in [0, 0.1) is 0 Å². The maximum atomic E-state index is 13.3. The molecule has 1 aliphatic rings. The third-order valence-electron chi connectivity index (χ3n) is 6.16. The molecule has 1 aliphatic heterocycles. The summed E-state index contributed by atoms with van der Waals surface area (Å²) < 4.78 is 1.16. The predicted octanol–water partition coefficient (Wildman–Crippen LogP) is 5.52. The molecule has 0 aliphatic carbocycles. The maximum Gasteiger partial charge on any atom is 0.237 e. The number of aromatic nitrogens is 1. The summed E-state index contributed by atoms with van der Waals surface area (Å²) in [4.78, 5) is 23.7. The molecule has 6 heteroatoms. The van der Waals surface area contributed by atoms with Gasteiger partial charge in [0, 0.05) is 18.5 Å². The highest BCUT2D eigenvalue weighted by Crippen LogP contribution is 2.38. The average molecular weight is 448 g/mol. The Balaban J connectivity index is 1.37. The monoisotopic (exact) mass is 447 g/mol. The number of nitrogens with zero attached hydrogens (tertiary/aromatic N) is 3. The second-order valence-electron chi connectivity index (χ2n) is 8.03. The molecule has 0 N–H and O–H groups in total. The van der Waals surface area contributed by atoms with E-state index in [-0.39, 0.29) is 18.0 Å². The van der Waals surface area contributed by atoms with E-state index in [0.717, 1.165) is 28.2 Å². The van der Waals surface area contributed by atoms with Gasteiger partial charge in [-0.05, 0) is 48.1 Å². The predicted molar refractivity (Wildman–Crippen MR) is 129 cm³/mol. The fourth-order valence-corrected chi connectivity index (χ4v) is 6.27. The van der Waals surface area contributed by atoms with Gasteiger partial charge in [-0.2, -0.15) is 0 Å². The summed E-state index contributed by atoms with van der Waals surface area (Å²) in [6.07, 6.45) is 1.00. The van der Waals surface area contributed by atoms with E-state index in [2.05, 4.69) is 53.6 Å². The van der Waals surface area contributed by atoms with Gasteiger partial charge in [0.05, 0.1) is 28.8 Å². The van der Waals surface area contributed by atoms with E-state index in [0.29, 0.717) is 6.54 Å². The van der Waals surface area contributed by atoms with Crippen molar-refractivity contribution in [3.05, 3.63) is 87.1 Å². The highest BCUT2D eigenvalue weighted by Gasteiger charge is 2.32. The van der Waals surface area contributed by atoms with E-state index in [1.807, 2.05) is 47.5 Å². The molecule has 2 aromatic heterocycles. The van der Waals surface area contributed by atoms with Gasteiger partial charge in [-0.3, -0.25) is 9.69 Å². The van der Waals surface area contributed by atoms with E-state index >= 15 is 0 Å². The third kappa shape index (κ3) is 3.91. The van der Waals surface area contributed by atoms with Gasteiger partial charge in [0.1, 0.15) is 5.01 Å². The van der Waals surface area contributed by atoms with Crippen molar-refractivity contribution >= 4 is 38.8 Å². The van der Waals surface area contributed by atoms with Crippen molar-refractivity contribution < 1.29 is 4.79 Å². The molecule has 0 spiro atoms. The van der Waals surface area contributed by atoms with Crippen LogP contribution in [0.15, 0.2) is 66.0 Å². The van der Waals surface area contributed by atoms with Gasteiger partial charge < -0.3 is 4.90 Å². The highest BCUT2D eigenvalue weighted by atomic mass is 32.1. The Morgan fingerprint density at radius 3 is 2.74 bits per heavy atom. The molecule has 1 amide bonds. The molecule has 2 aromatic carbocycles. The summed E-state index contributed by atoms with van der Waals surface area (Å²) >= 11 is 3.50. The van der Waals surface area contributed by atoms with Gasteiger partial charge >= 0.3 is 0 Å². The summed E-state index contributed by atoms with van der Waals surface area (Å²) in [6.45, 7) is 3.36. The van der Waals surface area contributed by atoms with Crippen LogP contribution in [-0.4, -0.2) is 40.8 Å². The number of thiophene rings is 1. The molecule has 3 heterocycles. The van der Waals surface area contributed by atoms with Crippen LogP contribution in [-0.2, 0) is 11.2 Å². The molecule has 5 rings (SSSR count). The summed E-state index contributed by atoms with van der Waals surface area (Å²) in [5.74, 6) is 0.131. The van der Waals surface area contributed by atoms with Crippen LogP contribution < -0.4 is 0 Å². The molecule has 2 atom stereocenters. The van der Waals surface area contributed by atoms with Crippen molar-refractivity contribution in [3.8, 4) is 0 Å². The Hall–Kier alpha value is -2.54. The number of hydrogen-bond acceptors (Lipinski definition) is 5. The Morgan fingerprint density at radius 2 is 1.94 bits per heavy atom. The minimum absolute atomic E-state index is 0.0541. The SMILES string of the molecule is CC(c1nc2ccccc2s1)N(C)C(=O)CN1CCc2sccc2C1c1ccccc1. The maximum absolute atomic E-state index is 13.3. The van der Waals surface area contributed by atoms with Crippen molar-refractivity contribution in [3.63, 3.8) is 0 Å². The van der Waals surface area contributed by atoms with Crippen LogP contribution in [0.3, 0.4) is 0 Å². The molecule has 0 saturated carbocycles. The van der Waals surface area contributed by atoms with E-state index in [1.165, 1.54) is 16.0 Å². The lowest BCUT2D eigenvalue weighted by Gasteiger charge is -2.37. The first kappa shape index (κ1) is 20.4. The standard InChI is InChI=1S/C25H25N3OS2/c1-17(25-26-20-10-6-7-11-22(20)31-25)27(2)23(29)16-28-14-12-21-19(13-15-30-21)24(28)18-8-4-3-5-9-18/h3-11,13,15,17,24H,12,14,16H2,1-2H3. The Bertz CT molecular complexity index is 1170. The zero-order chi connectivity index (χ0) is 21.4. The van der Waals surface area contributed by atoms with Crippen LogP contribution in [0.5, 0.6) is 0 Å². The summed E-state index contributed by atoms with van der Waals surface area (Å²) in [5, 5.41) is 3.16. The lowest BCUT2D eigenvalue weighted by molar-refractivity contribution is -0.133. The number of rotatable bonds is 5. The number of likely N-dealkylation sites (N-methyl/N-ethyl adjacent to an activating group) is 1. The Labute approximate surface area is 190 Å². The number of thiazole rings is 1. The molecule has 0 radical (unpaired) electrons. The number of amides is 1. The fraction of sp³-hybridized carbons (Fsp3) is 0.280. The van der Waals surface area contributed by atoms with Crippen molar-refractivity contribution in [2.45, 2.75) is 25.4 Å².